The molecule has 2 aliphatic rings. The molecule has 1 amide bonds. The lowest BCUT2D eigenvalue weighted by atomic mass is 10.1. The number of likely N-dealkylation sites (N-methyl/N-ethyl adjacent to an activating group) is 1. The van der Waals surface area contributed by atoms with Crippen LogP contribution in [0.3, 0.4) is 0 Å². The SMILES string of the molecule is CC1CN(C(CN)CC(=O)N2CCCCC2)CCN1C. The summed E-state index contributed by atoms with van der Waals surface area (Å²) in [6.45, 7) is 7.81. The van der Waals surface area contributed by atoms with Gasteiger partial charge in [0.1, 0.15) is 0 Å². The molecule has 2 heterocycles. The van der Waals surface area contributed by atoms with Crippen molar-refractivity contribution in [2.75, 3.05) is 46.3 Å². The summed E-state index contributed by atoms with van der Waals surface area (Å²) in [6.07, 6.45) is 4.17. The predicted octanol–water partition coefficient (Wildman–Crippen LogP) is 0.352. The molecule has 116 valence electrons. The third-order valence-corrected chi connectivity index (χ3v) is 4.90. The van der Waals surface area contributed by atoms with E-state index >= 15 is 0 Å². The number of rotatable bonds is 4. The minimum absolute atomic E-state index is 0.209. The molecular formula is C15H30N4O. The van der Waals surface area contributed by atoms with E-state index in [1.54, 1.807) is 0 Å². The van der Waals surface area contributed by atoms with Crippen LogP contribution in [0.15, 0.2) is 0 Å². The number of piperazine rings is 1. The van der Waals surface area contributed by atoms with Gasteiger partial charge in [0.05, 0.1) is 0 Å². The Morgan fingerprint density at radius 2 is 1.90 bits per heavy atom. The van der Waals surface area contributed by atoms with Gasteiger partial charge in [-0.25, -0.2) is 0 Å². The Hall–Kier alpha value is -0.650. The predicted molar refractivity (Wildman–Crippen MR) is 81.6 cm³/mol. The lowest BCUT2D eigenvalue weighted by molar-refractivity contribution is -0.133. The zero-order valence-electron chi connectivity index (χ0n) is 13.1. The average molecular weight is 282 g/mol. The fourth-order valence-electron chi connectivity index (χ4n) is 3.24. The molecule has 0 radical (unpaired) electrons. The van der Waals surface area contributed by atoms with Crippen molar-refractivity contribution in [1.29, 1.82) is 0 Å². The van der Waals surface area contributed by atoms with Crippen molar-refractivity contribution in [2.24, 2.45) is 5.73 Å². The lowest BCUT2D eigenvalue weighted by Crippen LogP contribution is -2.56. The Morgan fingerprint density at radius 1 is 1.20 bits per heavy atom. The first-order valence-electron chi connectivity index (χ1n) is 8.04. The summed E-state index contributed by atoms with van der Waals surface area (Å²) in [5, 5.41) is 0. The second-order valence-corrected chi connectivity index (χ2v) is 6.36. The monoisotopic (exact) mass is 282 g/mol. The van der Waals surface area contributed by atoms with Crippen LogP contribution < -0.4 is 5.73 Å². The third-order valence-electron chi connectivity index (χ3n) is 4.90. The van der Waals surface area contributed by atoms with Crippen LogP contribution in [0.2, 0.25) is 0 Å². The Bertz CT molecular complexity index is 317. The molecule has 5 nitrogen and oxygen atoms in total. The maximum Gasteiger partial charge on any atom is 0.224 e. The Balaban J connectivity index is 1.86. The molecule has 5 heteroatoms. The zero-order valence-corrected chi connectivity index (χ0v) is 13.1. The van der Waals surface area contributed by atoms with E-state index in [2.05, 4.69) is 23.8 Å². The molecule has 0 aromatic heterocycles. The van der Waals surface area contributed by atoms with Gasteiger partial charge in [-0.05, 0) is 33.2 Å². The van der Waals surface area contributed by atoms with Crippen LogP contribution in [0.1, 0.15) is 32.6 Å². The van der Waals surface area contributed by atoms with Gasteiger partial charge < -0.3 is 15.5 Å². The van der Waals surface area contributed by atoms with Gasteiger partial charge in [0, 0.05) is 57.8 Å². The Labute approximate surface area is 123 Å². The number of carbonyl (C=O) groups is 1. The lowest BCUT2D eigenvalue weighted by Gasteiger charge is -2.41. The fourth-order valence-corrected chi connectivity index (χ4v) is 3.24. The first kappa shape index (κ1) is 15.7. The largest absolute Gasteiger partial charge is 0.343 e. The van der Waals surface area contributed by atoms with Gasteiger partial charge >= 0.3 is 0 Å². The molecule has 0 bridgehead atoms. The van der Waals surface area contributed by atoms with E-state index in [9.17, 15) is 4.79 Å². The molecule has 0 aliphatic carbocycles. The highest BCUT2D eigenvalue weighted by Gasteiger charge is 2.28. The van der Waals surface area contributed by atoms with Gasteiger partial charge in [0.2, 0.25) is 5.91 Å². The highest BCUT2D eigenvalue weighted by molar-refractivity contribution is 5.77. The molecule has 20 heavy (non-hydrogen) atoms. The number of piperidine rings is 1. The smallest absolute Gasteiger partial charge is 0.224 e. The number of nitrogens with two attached hydrogens (primary N) is 1. The molecule has 2 rings (SSSR count). The van der Waals surface area contributed by atoms with E-state index in [4.69, 9.17) is 5.73 Å². The van der Waals surface area contributed by atoms with E-state index in [1.807, 2.05) is 4.90 Å². The molecule has 2 N–H and O–H groups in total. The molecule has 0 aromatic rings. The molecule has 0 spiro atoms. The summed E-state index contributed by atoms with van der Waals surface area (Å²) >= 11 is 0. The van der Waals surface area contributed by atoms with Gasteiger partial charge in [-0.3, -0.25) is 9.69 Å². The Kier molecular flexibility index (Phi) is 5.81. The normalized spacial score (nSPS) is 27.6. The van der Waals surface area contributed by atoms with Crippen molar-refractivity contribution in [3.05, 3.63) is 0 Å². The summed E-state index contributed by atoms with van der Waals surface area (Å²) in [7, 11) is 2.17. The van der Waals surface area contributed by atoms with Crippen LogP contribution in [0.5, 0.6) is 0 Å². The molecule has 2 aliphatic heterocycles. The summed E-state index contributed by atoms with van der Waals surface area (Å²) in [6, 6.07) is 0.753. The average Bonchev–Trinajstić information content (AvgIpc) is 2.48. The van der Waals surface area contributed by atoms with E-state index in [0.29, 0.717) is 24.9 Å². The van der Waals surface area contributed by atoms with Crippen LogP contribution in [0.4, 0.5) is 0 Å². The second-order valence-electron chi connectivity index (χ2n) is 6.36. The number of carbonyl (C=O) groups excluding carboxylic acids is 1. The highest BCUT2D eigenvalue weighted by atomic mass is 16.2. The van der Waals surface area contributed by atoms with Gasteiger partial charge in [0.15, 0.2) is 0 Å². The number of hydrogen-bond acceptors (Lipinski definition) is 4. The summed E-state index contributed by atoms with van der Waals surface area (Å²) < 4.78 is 0. The van der Waals surface area contributed by atoms with Gasteiger partial charge in [-0.1, -0.05) is 0 Å². The van der Waals surface area contributed by atoms with Crippen molar-refractivity contribution in [1.82, 2.24) is 14.7 Å². The first-order valence-corrected chi connectivity index (χ1v) is 8.04. The van der Waals surface area contributed by atoms with Crippen molar-refractivity contribution in [3.63, 3.8) is 0 Å². The number of amides is 1. The van der Waals surface area contributed by atoms with Gasteiger partial charge in [-0.2, -0.15) is 0 Å². The van der Waals surface area contributed by atoms with Crippen LogP contribution in [-0.2, 0) is 4.79 Å². The van der Waals surface area contributed by atoms with E-state index in [-0.39, 0.29) is 6.04 Å². The maximum atomic E-state index is 12.4. The van der Waals surface area contributed by atoms with Crippen molar-refractivity contribution in [3.8, 4) is 0 Å². The minimum atomic E-state index is 0.209. The van der Waals surface area contributed by atoms with Crippen molar-refractivity contribution in [2.45, 2.75) is 44.7 Å². The summed E-state index contributed by atoms with van der Waals surface area (Å²) in [5.74, 6) is 0.298. The summed E-state index contributed by atoms with van der Waals surface area (Å²) in [4.78, 5) is 19.2. The molecule has 2 unspecified atom stereocenters. The maximum absolute atomic E-state index is 12.4. The van der Waals surface area contributed by atoms with Gasteiger partial charge in [-0.15, -0.1) is 0 Å². The molecule has 2 saturated heterocycles. The second kappa shape index (κ2) is 7.38. The number of nitrogens with zero attached hydrogens (tertiary/aromatic N) is 3. The van der Waals surface area contributed by atoms with Crippen molar-refractivity contribution < 1.29 is 4.79 Å². The fraction of sp³-hybridized carbons (Fsp3) is 0.933. The van der Waals surface area contributed by atoms with Crippen LogP contribution >= 0.6 is 0 Å². The summed E-state index contributed by atoms with van der Waals surface area (Å²) in [5.41, 5.74) is 5.94. The number of likely N-dealkylation sites (tertiary alicyclic amines) is 1. The molecular weight excluding hydrogens is 252 g/mol. The van der Waals surface area contributed by atoms with Crippen LogP contribution in [0, 0.1) is 0 Å². The van der Waals surface area contributed by atoms with Crippen molar-refractivity contribution >= 4 is 5.91 Å². The van der Waals surface area contributed by atoms with Gasteiger partial charge in [0.25, 0.3) is 0 Å². The van der Waals surface area contributed by atoms with E-state index in [0.717, 1.165) is 45.6 Å². The topological polar surface area (TPSA) is 52.8 Å². The number of hydrogen-bond donors (Lipinski definition) is 1. The Morgan fingerprint density at radius 3 is 2.50 bits per heavy atom. The molecule has 2 atom stereocenters. The molecule has 2 fully saturated rings. The highest BCUT2D eigenvalue weighted by Crippen LogP contribution is 2.15. The zero-order chi connectivity index (χ0) is 14.5. The molecule has 0 aromatic carbocycles. The molecule has 0 saturated carbocycles. The first-order chi connectivity index (χ1) is 9.61. The van der Waals surface area contributed by atoms with Crippen LogP contribution in [-0.4, -0.2) is 79.0 Å². The quantitative estimate of drug-likeness (QED) is 0.808. The van der Waals surface area contributed by atoms with E-state index in [1.165, 1.54) is 6.42 Å². The standard InChI is InChI=1S/C15H30N4O/c1-13-12-19(9-8-17(13)2)14(11-16)10-15(20)18-6-4-3-5-7-18/h13-14H,3-12,16H2,1-2H3. The third kappa shape index (κ3) is 3.93. The van der Waals surface area contributed by atoms with Crippen LogP contribution in [0.25, 0.3) is 0 Å². The van der Waals surface area contributed by atoms with E-state index < -0.39 is 0 Å². The minimum Gasteiger partial charge on any atom is -0.343 e.